The molecular weight excluding hydrogens is 324 g/mol. The second-order valence-electron chi connectivity index (χ2n) is 5.33. The van der Waals surface area contributed by atoms with Crippen molar-refractivity contribution in [3.8, 4) is 0 Å². The molecule has 1 heterocycles. The Morgan fingerprint density at radius 2 is 2.15 bits per heavy atom. The number of aromatic nitrogens is 3. The van der Waals surface area contributed by atoms with Gasteiger partial charge in [-0.05, 0) is 48.8 Å². The number of rotatable bonds is 3. The molecule has 7 heteroatoms. The number of hydrogen-bond acceptors (Lipinski definition) is 4. The van der Waals surface area contributed by atoms with Crippen molar-refractivity contribution in [2.45, 2.75) is 32.9 Å². The molecule has 0 unspecified atom stereocenters. The largest absolute Gasteiger partial charge is 0.444 e. The summed E-state index contributed by atoms with van der Waals surface area (Å²) in [6.45, 7) is 6.37. The molecule has 0 aliphatic heterocycles. The van der Waals surface area contributed by atoms with Crippen LogP contribution in [-0.4, -0.2) is 33.2 Å². The number of carbonyl (C=O) groups excluding carboxylic acids is 1. The molecule has 1 aromatic heterocycles. The highest BCUT2D eigenvalue weighted by Crippen LogP contribution is 2.19. The first kappa shape index (κ1) is 14.8. The molecule has 0 bridgehead atoms. The van der Waals surface area contributed by atoms with Gasteiger partial charge in [0.15, 0.2) is 0 Å². The summed E-state index contributed by atoms with van der Waals surface area (Å²) in [7, 11) is 0. The molecule has 1 N–H and O–H groups in total. The van der Waals surface area contributed by atoms with E-state index in [-0.39, 0.29) is 0 Å². The van der Waals surface area contributed by atoms with E-state index >= 15 is 0 Å². The topological polar surface area (TPSA) is 69.0 Å². The summed E-state index contributed by atoms with van der Waals surface area (Å²) in [6, 6.07) is 5.72. The number of alkyl carbamates (subject to hydrolysis) is 1. The number of benzene rings is 1. The Hall–Kier alpha value is -1.63. The lowest BCUT2D eigenvalue weighted by Gasteiger charge is -2.19. The Bertz CT molecular complexity index is 618. The number of nitrogens with zero attached hydrogens (tertiary/aromatic N) is 3. The summed E-state index contributed by atoms with van der Waals surface area (Å²) in [5.41, 5.74) is 1.13. The van der Waals surface area contributed by atoms with E-state index in [4.69, 9.17) is 4.74 Å². The van der Waals surface area contributed by atoms with Crippen molar-refractivity contribution < 1.29 is 9.53 Å². The lowest BCUT2D eigenvalue weighted by Crippen LogP contribution is -2.34. The standard InChI is InChI=1S/C13H17BrN4O2/c1-13(2,3)20-12(19)15-7-8-18-16-10-6-4-5-9(14)11(10)17-18/h4-6H,7-8H2,1-3H3,(H,15,19). The molecule has 0 saturated carbocycles. The van der Waals surface area contributed by atoms with Crippen LogP contribution in [0.4, 0.5) is 4.79 Å². The predicted octanol–water partition coefficient (Wildman–Crippen LogP) is 2.72. The Morgan fingerprint density at radius 1 is 1.40 bits per heavy atom. The van der Waals surface area contributed by atoms with Crippen LogP contribution in [0.1, 0.15) is 20.8 Å². The Morgan fingerprint density at radius 3 is 2.80 bits per heavy atom. The zero-order valence-electron chi connectivity index (χ0n) is 11.7. The van der Waals surface area contributed by atoms with Crippen molar-refractivity contribution in [2.24, 2.45) is 0 Å². The van der Waals surface area contributed by atoms with Crippen molar-refractivity contribution in [1.82, 2.24) is 20.3 Å². The van der Waals surface area contributed by atoms with Gasteiger partial charge in [-0.25, -0.2) is 4.79 Å². The van der Waals surface area contributed by atoms with E-state index in [2.05, 4.69) is 31.4 Å². The van der Waals surface area contributed by atoms with Crippen molar-refractivity contribution in [3.63, 3.8) is 0 Å². The number of ether oxygens (including phenoxy) is 1. The van der Waals surface area contributed by atoms with Gasteiger partial charge in [0, 0.05) is 11.0 Å². The van der Waals surface area contributed by atoms with Crippen LogP contribution in [0.25, 0.3) is 11.0 Å². The zero-order chi connectivity index (χ0) is 14.8. The third-order valence-electron chi connectivity index (χ3n) is 2.38. The minimum Gasteiger partial charge on any atom is -0.444 e. The van der Waals surface area contributed by atoms with Crippen molar-refractivity contribution in [1.29, 1.82) is 0 Å². The normalized spacial score (nSPS) is 11.6. The summed E-state index contributed by atoms with van der Waals surface area (Å²) in [4.78, 5) is 13.0. The number of hydrogen-bond donors (Lipinski definition) is 1. The van der Waals surface area contributed by atoms with Gasteiger partial charge in [-0.1, -0.05) is 6.07 Å². The average molecular weight is 341 g/mol. The fourth-order valence-electron chi connectivity index (χ4n) is 1.62. The summed E-state index contributed by atoms with van der Waals surface area (Å²) >= 11 is 3.43. The molecule has 1 amide bonds. The number of amides is 1. The predicted molar refractivity (Wildman–Crippen MR) is 79.5 cm³/mol. The van der Waals surface area contributed by atoms with Crippen LogP contribution in [0, 0.1) is 0 Å². The van der Waals surface area contributed by atoms with Gasteiger partial charge in [-0.3, -0.25) is 0 Å². The van der Waals surface area contributed by atoms with E-state index in [1.807, 2.05) is 39.0 Å². The SMILES string of the molecule is CC(C)(C)OC(=O)NCCn1nc2cccc(Br)c2n1. The lowest BCUT2D eigenvalue weighted by atomic mass is 10.2. The van der Waals surface area contributed by atoms with Gasteiger partial charge in [0.25, 0.3) is 0 Å². The van der Waals surface area contributed by atoms with Crippen LogP contribution < -0.4 is 5.32 Å². The van der Waals surface area contributed by atoms with Gasteiger partial charge in [-0.15, -0.1) is 0 Å². The molecular formula is C13H17BrN4O2. The van der Waals surface area contributed by atoms with Crippen molar-refractivity contribution in [3.05, 3.63) is 22.7 Å². The van der Waals surface area contributed by atoms with E-state index in [0.29, 0.717) is 13.1 Å². The maximum Gasteiger partial charge on any atom is 0.407 e. The summed E-state index contributed by atoms with van der Waals surface area (Å²) in [6.07, 6.45) is -0.435. The first-order valence-corrected chi connectivity index (χ1v) is 7.11. The van der Waals surface area contributed by atoms with E-state index in [0.717, 1.165) is 15.5 Å². The third-order valence-corrected chi connectivity index (χ3v) is 3.02. The van der Waals surface area contributed by atoms with Gasteiger partial charge in [0.2, 0.25) is 0 Å². The maximum atomic E-state index is 11.5. The second kappa shape index (κ2) is 5.78. The molecule has 6 nitrogen and oxygen atoms in total. The fraction of sp³-hybridized carbons (Fsp3) is 0.462. The molecule has 1 aromatic carbocycles. The minimum absolute atomic E-state index is 0.410. The van der Waals surface area contributed by atoms with Gasteiger partial charge in [-0.2, -0.15) is 15.0 Å². The molecule has 0 fully saturated rings. The molecule has 20 heavy (non-hydrogen) atoms. The maximum absolute atomic E-state index is 11.5. The molecule has 0 saturated heterocycles. The number of carbonyl (C=O) groups is 1. The van der Waals surface area contributed by atoms with Crippen molar-refractivity contribution in [2.75, 3.05) is 6.54 Å². The number of nitrogens with one attached hydrogen (secondary N) is 1. The second-order valence-corrected chi connectivity index (χ2v) is 6.19. The molecule has 0 atom stereocenters. The number of halogens is 1. The van der Waals surface area contributed by atoms with Gasteiger partial charge in [0.05, 0.1) is 6.54 Å². The molecule has 2 rings (SSSR count). The van der Waals surface area contributed by atoms with Crippen LogP contribution in [0.3, 0.4) is 0 Å². The lowest BCUT2D eigenvalue weighted by molar-refractivity contribution is 0.0525. The molecule has 0 aliphatic carbocycles. The molecule has 0 spiro atoms. The first-order valence-electron chi connectivity index (χ1n) is 6.31. The third kappa shape index (κ3) is 3.93. The Kier molecular flexibility index (Phi) is 4.27. The van der Waals surface area contributed by atoms with Crippen LogP contribution in [0.2, 0.25) is 0 Å². The molecule has 0 radical (unpaired) electrons. The van der Waals surface area contributed by atoms with E-state index in [9.17, 15) is 4.79 Å². The van der Waals surface area contributed by atoms with Crippen molar-refractivity contribution >= 4 is 33.1 Å². The first-order chi connectivity index (χ1) is 9.35. The summed E-state index contributed by atoms with van der Waals surface area (Å²) < 4.78 is 6.05. The van der Waals surface area contributed by atoms with E-state index in [1.54, 1.807) is 4.80 Å². The molecule has 108 valence electrons. The van der Waals surface area contributed by atoms with Crippen LogP contribution in [-0.2, 0) is 11.3 Å². The molecule has 0 aliphatic rings. The van der Waals surface area contributed by atoms with Gasteiger partial charge < -0.3 is 10.1 Å². The van der Waals surface area contributed by atoms with Crippen LogP contribution in [0.15, 0.2) is 22.7 Å². The fourth-order valence-corrected chi connectivity index (χ4v) is 2.05. The molecule has 2 aromatic rings. The minimum atomic E-state index is -0.492. The van der Waals surface area contributed by atoms with Gasteiger partial charge >= 0.3 is 6.09 Å². The summed E-state index contributed by atoms with van der Waals surface area (Å²) in [5, 5.41) is 11.4. The number of fused-ring (bicyclic) bond motifs is 1. The van der Waals surface area contributed by atoms with Crippen LogP contribution >= 0.6 is 15.9 Å². The quantitative estimate of drug-likeness (QED) is 0.932. The summed E-state index contributed by atoms with van der Waals surface area (Å²) in [5.74, 6) is 0. The highest BCUT2D eigenvalue weighted by Gasteiger charge is 2.15. The smallest absolute Gasteiger partial charge is 0.407 e. The highest BCUT2D eigenvalue weighted by atomic mass is 79.9. The van der Waals surface area contributed by atoms with Gasteiger partial charge in [0.1, 0.15) is 16.6 Å². The Balaban J connectivity index is 1.90. The average Bonchev–Trinajstić information content (AvgIpc) is 2.71. The highest BCUT2D eigenvalue weighted by molar-refractivity contribution is 9.10. The van der Waals surface area contributed by atoms with E-state index in [1.165, 1.54) is 0 Å². The monoisotopic (exact) mass is 340 g/mol. The van der Waals surface area contributed by atoms with Crippen LogP contribution in [0.5, 0.6) is 0 Å². The van der Waals surface area contributed by atoms with E-state index < -0.39 is 11.7 Å². The Labute approximate surface area is 125 Å². The zero-order valence-corrected chi connectivity index (χ0v) is 13.3.